The third-order valence-corrected chi connectivity index (χ3v) is 17.6. The lowest BCUT2D eigenvalue weighted by Crippen LogP contribution is -2.12. The van der Waals surface area contributed by atoms with Crippen molar-refractivity contribution in [2.24, 2.45) is 0 Å². The van der Waals surface area contributed by atoms with Gasteiger partial charge in [-0.2, -0.15) is 0 Å². The van der Waals surface area contributed by atoms with Crippen molar-refractivity contribution in [3.63, 3.8) is 0 Å². The van der Waals surface area contributed by atoms with E-state index in [9.17, 15) is 10.2 Å². The van der Waals surface area contributed by atoms with E-state index < -0.39 is 0 Å². The van der Waals surface area contributed by atoms with Gasteiger partial charge in [0.25, 0.3) is 0 Å². The second kappa shape index (κ2) is 39.2. The lowest BCUT2D eigenvalue weighted by atomic mass is 9.99. The van der Waals surface area contributed by atoms with E-state index in [1.54, 1.807) is 24.3 Å². The SMILES string of the molecule is CCCCOc1c(OCCCC)c(OCCCC)c(-c2c3nc(c(-c4ccc(O)cc4)c4ccc([nH]4)c(-c4c(OCCCC)c(OCCCC)c(OCCCC)c(OCCCC)c4OCCCC)c4nc(c(-c5ccc(O)cc5)c5ccc2[nH]5)C=C4)C=C3)c(OCCCC)c1OCCCC. The van der Waals surface area contributed by atoms with E-state index in [0.717, 1.165) is 162 Å². The molecule has 538 valence electrons. The van der Waals surface area contributed by atoms with Gasteiger partial charge in [0, 0.05) is 44.3 Å². The molecule has 0 saturated carbocycles. The Morgan fingerprint density at radius 1 is 0.240 bits per heavy atom. The molecule has 0 spiro atoms. The number of phenols is 2. The standard InChI is InChI=1S/C84H110N4O12/c1-11-21-47-91-75-73(76(92-48-22-12-2)80(96-52-26-16-6)83(99-55-29-19-9)79(75)95-51-25-15-5)71-65-43-39-61(85-65)69(57-31-35-59(89)36-32-57)63-41-45-67(87-63)72(68-46-42-64(88-68)70(62-40-44-66(71)86-62)58-33-37-60(90)38-34-58)74-77(93-49-23-13-3)81(97-53-27-17-7)84(100-56-30-20-10)82(98-54-28-18-8)78(74)94-50-24-14-4/h31-46,85,88-90H,11-30,47-56H2,1-10H3. The van der Waals surface area contributed by atoms with Gasteiger partial charge in [-0.3, -0.25) is 0 Å². The number of aromatic nitrogens is 4. The van der Waals surface area contributed by atoms with E-state index in [0.29, 0.717) is 180 Å². The van der Waals surface area contributed by atoms with Gasteiger partial charge in [0.2, 0.25) is 34.5 Å². The first kappa shape index (κ1) is 75.3. The van der Waals surface area contributed by atoms with Crippen LogP contribution in [0.2, 0.25) is 0 Å². The molecule has 7 aromatic rings. The molecule has 2 aliphatic rings. The summed E-state index contributed by atoms with van der Waals surface area (Å²) in [4.78, 5) is 19.5. The van der Waals surface area contributed by atoms with E-state index in [1.165, 1.54) is 0 Å². The van der Waals surface area contributed by atoms with Gasteiger partial charge in [0.1, 0.15) is 11.5 Å². The number of aromatic amines is 2. The highest BCUT2D eigenvalue weighted by molar-refractivity contribution is 6.04. The van der Waals surface area contributed by atoms with Crippen LogP contribution in [-0.2, 0) is 0 Å². The second-order valence-corrected chi connectivity index (χ2v) is 25.7. The summed E-state index contributed by atoms with van der Waals surface area (Å²) in [5.41, 5.74) is 10.9. The zero-order valence-corrected chi connectivity index (χ0v) is 61.3. The first-order valence-corrected chi connectivity index (χ1v) is 37.6. The van der Waals surface area contributed by atoms with Gasteiger partial charge in [0.15, 0.2) is 23.0 Å². The number of nitrogens with zero attached hydrogens (tertiary/aromatic N) is 2. The van der Waals surface area contributed by atoms with Crippen LogP contribution in [-0.4, -0.2) is 96.2 Å². The van der Waals surface area contributed by atoms with Crippen molar-refractivity contribution in [1.82, 2.24) is 19.9 Å². The molecule has 8 bridgehead atoms. The number of hydrogen-bond donors (Lipinski definition) is 4. The highest BCUT2D eigenvalue weighted by Gasteiger charge is 2.36. The third kappa shape index (κ3) is 18.5. The first-order chi connectivity index (χ1) is 49.1. The number of nitrogens with one attached hydrogen (secondary N) is 2. The molecule has 0 fully saturated rings. The fourth-order valence-corrected chi connectivity index (χ4v) is 11.9. The second-order valence-electron chi connectivity index (χ2n) is 25.7. The molecule has 0 aliphatic carbocycles. The fraction of sp³-hybridized carbons (Fsp3) is 0.476. The summed E-state index contributed by atoms with van der Waals surface area (Å²) < 4.78 is 71.0. The number of hydrogen-bond acceptors (Lipinski definition) is 14. The summed E-state index contributed by atoms with van der Waals surface area (Å²) in [6.07, 6.45) is 25.1. The van der Waals surface area contributed by atoms with E-state index in [1.807, 2.05) is 24.3 Å². The molecule has 0 atom stereocenters. The maximum Gasteiger partial charge on any atom is 0.211 e. The molecule has 4 N–H and O–H groups in total. The molecule has 5 heterocycles. The minimum Gasteiger partial charge on any atom is -0.508 e. The minimum atomic E-state index is 0.126. The number of ether oxygens (including phenoxy) is 10. The number of fused-ring (bicyclic) bond motifs is 8. The van der Waals surface area contributed by atoms with Crippen LogP contribution in [0.15, 0.2) is 72.8 Å². The smallest absolute Gasteiger partial charge is 0.211 e. The molecule has 0 unspecified atom stereocenters. The van der Waals surface area contributed by atoms with Gasteiger partial charge in [-0.05, 0) is 148 Å². The van der Waals surface area contributed by atoms with Gasteiger partial charge in [-0.15, -0.1) is 0 Å². The van der Waals surface area contributed by atoms with Crippen LogP contribution >= 0.6 is 0 Å². The molecular formula is C84H110N4O12. The largest absolute Gasteiger partial charge is 0.508 e. The Morgan fingerprint density at radius 2 is 0.430 bits per heavy atom. The van der Waals surface area contributed by atoms with Crippen molar-refractivity contribution in [3.05, 3.63) is 95.6 Å². The Balaban J connectivity index is 1.55. The van der Waals surface area contributed by atoms with E-state index in [-0.39, 0.29) is 11.5 Å². The van der Waals surface area contributed by atoms with Crippen LogP contribution in [0.3, 0.4) is 0 Å². The molecule has 16 nitrogen and oxygen atoms in total. The number of H-pyrrole nitrogens is 2. The number of aromatic hydroxyl groups is 2. The van der Waals surface area contributed by atoms with Crippen molar-refractivity contribution in [2.45, 2.75) is 198 Å². The lowest BCUT2D eigenvalue weighted by Gasteiger charge is -2.26. The van der Waals surface area contributed by atoms with Crippen LogP contribution in [0.1, 0.15) is 220 Å². The topological polar surface area (TPSA) is 190 Å². The Bertz CT molecular complexity index is 3630. The summed E-state index contributed by atoms with van der Waals surface area (Å²) in [7, 11) is 0. The molecule has 0 saturated heterocycles. The Hall–Kier alpha value is -8.92. The molecule has 9 rings (SSSR count). The van der Waals surface area contributed by atoms with Gasteiger partial charge in [-0.1, -0.05) is 158 Å². The highest BCUT2D eigenvalue weighted by Crippen LogP contribution is 2.61. The molecule has 4 aromatic carbocycles. The molecule has 0 amide bonds. The van der Waals surface area contributed by atoms with Crippen molar-refractivity contribution >= 4 is 46.4 Å². The molecular weight excluding hydrogens is 1260 g/mol. The summed E-state index contributed by atoms with van der Waals surface area (Å²) in [6.45, 7) is 25.5. The average molecular weight is 1370 g/mol. The van der Waals surface area contributed by atoms with E-state index in [4.69, 9.17) is 57.3 Å². The Morgan fingerprint density at radius 3 is 0.650 bits per heavy atom. The Kier molecular flexibility index (Phi) is 29.5. The number of benzene rings is 4. The average Bonchev–Trinajstić information content (AvgIpc) is 1.31. The predicted octanol–water partition coefficient (Wildman–Crippen LogP) is 22.5. The molecule has 100 heavy (non-hydrogen) atoms. The zero-order valence-electron chi connectivity index (χ0n) is 61.3. The van der Waals surface area contributed by atoms with Crippen LogP contribution in [0.25, 0.3) is 90.9 Å². The summed E-state index contributed by atoms with van der Waals surface area (Å²) in [5.74, 6) is 4.84. The quantitative estimate of drug-likeness (QED) is 0.0264. The van der Waals surface area contributed by atoms with Crippen LogP contribution in [0, 0.1) is 0 Å². The monoisotopic (exact) mass is 1370 g/mol. The van der Waals surface area contributed by atoms with Gasteiger partial charge in [-0.25, -0.2) is 9.97 Å². The summed E-state index contributed by atoms with van der Waals surface area (Å²) >= 11 is 0. The molecule has 16 heteroatoms. The van der Waals surface area contributed by atoms with Crippen LogP contribution < -0.4 is 47.4 Å². The molecule has 3 aromatic heterocycles. The summed E-state index contributed by atoms with van der Waals surface area (Å²) in [6, 6.07) is 22.8. The van der Waals surface area contributed by atoms with Gasteiger partial charge >= 0.3 is 0 Å². The van der Waals surface area contributed by atoms with E-state index >= 15 is 0 Å². The molecule has 2 aliphatic heterocycles. The third-order valence-electron chi connectivity index (χ3n) is 17.6. The van der Waals surface area contributed by atoms with Gasteiger partial charge in [0.05, 0.1) is 100.0 Å². The number of rotatable bonds is 44. The Labute approximate surface area is 593 Å². The van der Waals surface area contributed by atoms with Crippen molar-refractivity contribution in [3.8, 4) is 114 Å². The minimum absolute atomic E-state index is 0.126. The lowest BCUT2D eigenvalue weighted by molar-refractivity contribution is 0.210. The number of phenolic OH excluding ortho intramolecular Hbond substituents is 2. The van der Waals surface area contributed by atoms with E-state index in [2.05, 4.69) is 128 Å². The maximum absolute atomic E-state index is 11.0. The normalized spacial score (nSPS) is 11.7. The summed E-state index contributed by atoms with van der Waals surface area (Å²) in [5, 5.41) is 22.0. The first-order valence-electron chi connectivity index (χ1n) is 37.6. The highest BCUT2D eigenvalue weighted by atomic mass is 16.6. The maximum atomic E-state index is 11.0. The van der Waals surface area contributed by atoms with Crippen LogP contribution in [0.4, 0.5) is 0 Å². The zero-order chi connectivity index (χ0) is 70.6. The molecule has 0 radical (unpaired) electrons. The number of unbranched alkanes of at least 4 members (excludes halogenated alkanes) is 10. The van der Waals surface area contributed by atoms with Crippen molar-refractivity contribution in [2.75, 3.05) is 66.1 Å². The van der Waals surface area contributed by atoms with Gasteiger partial charge < -0.3 is 67.5 Å². The van der Waals surface area contributed by atoms with Crippen molar-refractivity contribution in [1.29, 1.82) is 0 Å². The van der Waals surface area contributed by atoms with Crippen molar-refractivity contribution < 1.29 is 57.6 Å². The predicted molar refractivity (Wildman–Crippen MR) is 408 cm³/mol. The fourth-order valence-electron chi connectivity index (χ4n) is 11.9. The van der Waals surface area contributed by atoms with Crippen LogP contribution in [0.5, 0.6) is 69.0 Å².